The highest BCUT2D eigenvalue weighted by Crippen LogP contribution is 2.12. The molecule has 1 amide bonds. The van der Waals surface area contributed by atoms with E-state index >= 15 is 0 Å². The largest absolute Gasteiger partial charge is 0.354 e. The lowest BCUT2D eigenvalue weighted by molar-refractivity contribution is -0.121. The molecule has 3 rings (SSSR count). The number of aryl methyl sites for hydroxylation is 2. The molecule has 3 aromatic rings. The van der Waals surface area contributed by atoms with Gasteiger partial charge in [0.2, 0.25) is 5.91 Å². The number of hydrogen-bond acceptors (Lipinski definition) is 6. The number of carbonyl (C=O) groups is 1. The molecule has 8 heteroatoms. The van der Waals surface area contributed by atoms with Crippen LogP contribution in [0.15, 0.2) is 26.8 Å². The summed E-state index contributed by atoms with van der Waals surface area (Å²) in [7, 11) is 0. The summed E-state index contributed by atoms with van der Waals surface area (Å²) in [6, 6.07) is 4.01. The Balaban J connectivity index is 1.76. The molecule has 0 aromatic carbocycles. The van der Waals surface area contributed by atoms with Crippen molar-refractivity contribution in [3.63, 3.8) is 0 Å². The van der Waals surface area contributed by atoms with Crippen molar-refractivity contribution in [2.75, 3.05) is 6.54 Å². The van der Waals surface area contributed by atoms with Crippen LogP contribution in [0.3, 0.4) is 0 Å². The molecule has 126 valence electrons. The number of rotatable bonds is 6. The molecule has 7 nitrogen and oxygen atoms in total. The summed E-state index contributed by atoms with van der Waals surface area (Å²) < 4.78 is 6.46. The molecule has 0 saturated carbocycles. The van der Waals surface area contributed by atoms with Crippen LogP contribution in [0, 0.1) is 6.92 Å². The molecule has 3 aromatic heterocycles. The number of amides is 1. The van der Waals surface area contributed by atoms with Crippen molar-refractivity contribution in [1.29, 1.82) is 0 Å². The van der Waals surface area contributed by atoms with E-state index in [4.69, 9.17) is 4.52 Å². The zero-order valence-corrected chi connectivity index (χ0v) is 14.4. The predicted molar refractivity (Wildman–Crippen MR) is 91.2 cm³/mol. The summed E-state index contributed by atoms with van der Waals surface area (Å²) in [4.78, 5) is 30.3. The van der Waals surface area contributed by atoms with Crippen LogP contribution < -0.4 is 10.9 Å². The van der Waals surface area contributed by atoms with Gasteiger partial charge in [0.25, 0.3) is 11.3 Å². The van der Waals surface area contributed by atoms with Gasteiger partial charge in [-0.15, -0.1) is 11.3 Å². The first-order valence-corrected chi connectivity index (χ1v) is 8.63. The van der Waals surface area contributed by atoms with E-state index in [-0.39, 0.29) is 23.7 Å². The molecular formula is C16H18N4O3S. The van der Waals surface area contributed by atoms with E-state index in [1.807, 2.05) is 24.4 Å². The Morgan fingerprint density at radius 2 is 2.29 bits per heavy atom. The summed E-state index contributed by atoms with van der Waals surface area (Å²) >= 11 is 1.66. The number of hydrogen-bond donors (Lipinski definition) is 1. The number of nitrogens with one attached hydrogen (secondary N) is 1. The van der Waals surface area contributed by atoms with E-state index in [0.717, 1.165) is 6.42 Å². The summed E-state index contributed by atoms with van der Waals surface area (Å²) in [6.07, 6.45) is 1.30. The SMILES string of the molecule is CCc1nc2onc(C)c2c(=O)n1CC(=O)NCCc1cccs1. The fourth-order valence-corrected chi connectivity index (χ4v) is 3.23. The van der Waals surface area contributed by atoms with E-state index in [0.29, 0.717) is 29.9 Å². The maximum atomic E-state index is 12.6. The molecular weight excluding hydrogens is 328 g/mol. The maximum Gasteiger partial charge on any atom is 0.267 e. The van der Waals surface area contributed by atoms with Gasteiger partial charge >= 0.3 is 0 Å². The highest BCUT2D eigenvalue weighted by atomic mass is 32.1. The third-order valence-corrected chi connectivity index (χ3v) is 4.67. The lowest BCUT2D eigenvalue weighted by atomic mass is 10.3. The highest BCUT2D eigenvalue weighted by Gasteiger charge is 2.17. The number of aromatic nitrogens is 3. The first-order valence-electron chi connectivity index (χ1n) is 7.75. The summed E-state index contributed by atoms with van der Waals surface area (Å²) in [6.45, 7) is 4.05. The molecule has 0 aliphatic heterocycles. The summed E-state index contributed by atoms with van der Waals surface area (Å²) in [5, 5.41) is 8.96. The van der Waals surface area contributed by atoms with Crippen molar-refractivity contribution >= 4 is 28.3 Å². The highest BCUT2D eigenvalue weighted by molar-refractivity contribution is 7.09. The van der Waals surface area contributed by atoms with Crippen LogP contribution >= 0.6 is 11.3 Å². The zero-order valence-electron chi connectivity index (χ0n) is 13.5. The number of fused-ring (bicyclic) bond motifs is 1. The fraction of sp³-hybridized carbons (Fsp3) is 0.375. The lowest BCUT2D eigenvalue weighted by Gasteiger charge is -2.10. The second-order valence-corrected chi connectivity index (χ2v) is 6.43. The molecule has 0 saturated heterocycles. The minimum Gasteiger partial charge on any atom is -0.354 e. The summed E-state index contributed by atoms with van der Waals surface area (Å²) in [5.74, 6) is 0.302. The molecule has 0 aliphatic rings. The molecule has 3 heterocycles. The van der Waals surface area contributed by atoms with Gasteiger partial charge in [-0.25, -0.2) is 0 Å². The van der Waals surface area contributed by atoms with Gasteiger partial charge in [0.05, 0.1) is 5.69 Å². The van der Waals surface area contributed by atoms with Crippen LogP contribution in [0.4, 0.5) is 0 Å². The van der Waals surface area contributed by atoms with Gasteiger partial charge in [-0.1, -0.05) is 18.1 Å². The van der Waals surface area contributed by atoms with E-state index < -0.39 is 0 Å². The van der Waals surface area contributed by atoms with Gasteiger partial charge in [0.15, 0.2) is 0 Å². The van der Waals surface area contributed by atoms with Crippen LogP contribution in [0.25, 0.3) is 11.1 Å². The minimum atomic E-state index is -0.288. The Labute approximate surface area is 142 Å². The van der Waals surface area contributed by atoms with E-state index in [1.54, 1.807) is 18.3 Å². The Bertz CT molecular complexity index is 911. The van der Waals surface area contributed by atoms with Crippen LogP contribution in [0.5, 0.6) is 0 Å². The number of nitrogens with zero attached hydrogens (tertiary/aromatic N) is 3. The van der Waals surface area contributed by atoms with Crippen LogP contribution in [0.1, 0.15) is 23.3 Å². The van der Waals surface area contributed by atoms with Crippen LogP contribution in [-0.4, -0.2) is 27.2 Å². The van der Waals surface area contributed by atoms with Crippen molar-refractivity contribution in [2.45, 2.75) is 33.2 Å². The smallest absolute Gasteiger partial charge is 0.267 e. The van der Waals surface area contributed by atoms with Gasteiger partial charge in [0, 0.05) is 17.8 Å². The van der Waals surface area contributed by atoms with E-state index in [2.05, 4.69) is 15.5 Å². The van der Waals surface area contributed by atoms with Crippen molar-refractivity contribution < 1.29 is 9.32 Å². The number of carbonyl (C=O) groups excluding carboxylic acids is 1. The van der Waals surface area contributed by atoms with Gasteiger partial charge < -0.3 is 9.84 Å². The van der Waals surface area contributed by atoms with E-state index in [9.17, 15) is 9.59 Å². The molecule has 0 bridgehead atoms. The predicted octanol–water partition coefficient (Wildman–Crippen LogP) is 1.68. The van der Waals surface area contributed by atoms with Crippen molar-refractivity contribution in [1.82, 2.24) is 20.0 Å². The molecule has 24 heavy (non-hydrogen) atoms. The van der Waals surface area contributed by atoms with Gasteiger partial charge in [-0.2, -0.15) is 4.98 Å². The van der Waals surface area contributed by atoms with Crippen molar-refractivity contribution in [3.05, 3.63) is 44.3 Å². The summed E-state index contributed by atoms with van der Waals surface area (Å²) in [5.41, 5.74) is 0.421. The molecule has 0 spiro atoms. The first-order chi connectivity index (χ1) is 11.6. The Kier molecular flexibility index (Phi) is 4.75. The average Bonchev–Trinajstić information content (AvgIpc) is 3.20. The van der Waals surface area contributed by atoms with E-state index in [1.165, 1.54) is 9.44 Å². The molecule has 0 unspecified atom stereocenters. The quantitative estimate of drug-likeness (QED) is 0.733. The van der Waals surface area contributed by atoms with Crippen molar-refractivity contribution in [2.24, 2.45) is 0 Å². The molecule has 0 atom stereocenters. The monoisotopic (exact) mass is 346 g/mol. The second kappa shape index (κ2) is 6.96. The molecule has 0 radical (unpaired) electrons. The van der Waals surface area contributed by atoms with Gasteiger partial charge in [-0.05, 0) is 24.8 Å². The maximum absolute atomic E-state index is 12.6. The van der Waals surface area contributed by atoms with Crippen LogP contribution in [0.2, 0.25) is 0 Å². The Morgan fingerprint density at radius 1 is 1.46 bits per heavy atom. The van der Waals surface area contributed by atoms with Gasteiger partial charge in [-0.3, -0.25) is 14.2 Å². The zero-order chi connectivity index (χ0) is 17.1. The first kappa shape index (κ1) is 16.4. The average molecular weight is 346 g/mol. The normalized spacial score (nSPS) is 11.1. The van der Waals surface area contributed by atoms with Crippen LogP contribution in [-0.2, 0) is 24.2 Å². The minimum absolute atomic E-state index is 0.0555. The Morgan fingerprint density at radius 3 is 3.00 bits per heavy atom. The third kappa shape index (κ3) is 3.23. The second-order valence-electron chi connectivity index (χ2n) is 5.40. The lowest BCUT2D eigenvalue weighted by Crippen LogP contribution is -2.35. The molecule has 0 fully saturated rings. The third-order valence-electron chi connectivity index (χ3n) is 3.74. The topological polar surface area (TPSA) is 90.0 Å². The Hall–Kier alpha value is -2.48. The fourth-order valence-electron chi connectivity index (χ4n) is 2.52. The molecule has 0 aliphatic carbocycles. The number of thiophene rings is 1. The molecule has 1 N–H and O–H groups in total. The van der Waals surface area contributed by atoms with Crippen molar-refractivity contribution in [3.8, 4) is 0 Å². The standard InChI is InChI=1S/C16H18N4O3S/c1-3-12-18-15-14(10(2)19-23-15)16(22)20(12)9-13(21)17-7-6-11-5-4-8-24-11/h4-5,8H,3,6-7,9H2,1-2H3,(H,17,21). The van der Waals surface area contributed by atoms with Gasteiger partial charge in [0.1, 0.15) is 17.8 Å².